The smallest absolute Gasteiger partial charge is 0.0661 e. The standard InChI is InChI=1S/C17H31NO2/c1-4-20-15-11-13(17(15)8-6-5-7-9-17)18-12-10-14(19)16(12,2)3/h12-15,18-19H,4-11H2,1-3H3. The first-order valence-corrected chi connectivity index (χ1v) is 8.56. The zero-order valence-corrected chi connectivity index (χ0v) is 13.3. The minimum atomic E-state index is -0.134. The third kappa shape index (κ3) is 2.13. The summed E-state index contributed by atoms with van der Waals surface area (Å²) in [6.45, 7) is 7.32. The van der Waals surface area contributed by atoms with Crippen molar-refractivity contribution in [3.8, 4) is 0 Å². The van der Waals surface area contributed by atoms with Crippen molar-refractivity contribution in [1.82, 2.24) is 5.32 Å². The van der Waals surface area contributed by atoms with Crippen LogP contribution in [-0.2, 0) is 4.74 Å². The van der Waals surface area contributed by atoms with Crippen LogP contribution in [-0.4, -0.2) is 36.0 Å². The lowest BCUT2D eigenvalue weighted by molar-refractivity contribution is -0.167. The highest BCUT2D eigenvalue weighted by Gasteiger charge is 2.58. The molecule has 3 aliphatic carbocycles. The number of hydrogen-bond donors (Lipinski definition) is 2. The fraction of sp³-hybridized carbons (Fsp3) is 1.00. The Morgan fingerprint density at radius 2 is 1.80 bits per heavy atom. The number of ether oxygens (including phenoxy) is 1. The summed E-state index contributed by atoms with van der Waals surface area (Å²) in [4.78, 5) is 0. The van der Waals surface area contributed by atoms with Gasteiger partial charge in [0.1, 0.15) is 0 Å². The van der Waals surface area contributed by atoms with E-state index < -0.39 is 0 Å². The molecule has 0 radical (unpaired) electrons. The van der Waals surface area contributed by atoms with Crippen molar-refractivity contribution in [2.24, 2.45) is 10.8 Å². The Morgan fingerprint density at radius 1 is 1.10 bits per heavy atom. The molecule has 20 heavy (non-hydrogen) atoms. The number of aliphatic hydroxyl groups excluding tert-OH is 1. The van der Waals surface area contributed by atoms with E-state index in [1.165, 1.54) is 32.1 Å². The highest BCUT2D eigenvalue weighted by molar-refractivity contribution is 5.12. The van der Waals surface area contributed by atoms with Crippen molar-refractivity contribution in [3.05, 3.63) is 0 Å². The van der Waals surface area contributed by atoms with Gasteiger partial charge >= 0.3 is 0 Å². The van der Waals surface area contributed by atoms with Crippen LogP contribution in [0.1, 0.15) is 65.7 Å². The van der Waals surface area contributed by atoms with Crippen molar-refractivity contribution in [2.45, 2.75) is 90.0 Å². The summed E-state index contributed by atoms with van der Waals surface area (Å²) in [7, 11) is 0. The highest BCUT2D eigenvalue weighted by atomic mass is 16.5. The van der Waals surface area contributed by atoms with Crippen molar-refractivity contribution < 1.29 is 9.84 Å². The van der Waals surface area contributed by atoms with E-state index in [-0.39, 0.29) is 11.5 Å². The Balaban J connectivity index is 1.65. The van der Waals surface area contributed by atoms with Crippen LogP contribution in [0.15, 0.2) is 0 Å². The molecule has 3 fully saturated rings. The monoisotopic (exact) mass is 281 g/mol. The lowest BCUT2D eigenvalue weighted by Gasteiger charge is -2.61. The molecule has 0 saturated heterocycles. The third-order valence-electron chi connectivity index (χ3n) is 6.56. The Morgan fingerprint density at radius 3 is 2.35 bits per heavy atom. The molecule has 116 valence electrons. The van der Waals surface area contributed by atoms with Crippen LogP contribution in [0, 0.1) is 10.8 Å². The second-order valence-electron chi connectivity index (χ2n) is 7.82. The molecule has 4 atom stereocenters. The zero-order chi connectivity index (χ0) is 14.4. The summed E-state index contributed by atoms with van der Waals surface area (Å²) >= 11 is 0. The van der Waals surface area contributed by atoms with Gasteiger partial charge in [-0.25, -0.2) is 0 Å². The van der Waals surface area contributed by atoms with Crippen molar-refractivity contribution in [2.75, 3.05) is 6.61 Å². The number of nitrogens with one attached hydrogen (secondary N) is 1. The zero-order valence-electron chi connectivity index (χ0n) is 13.3. The fourth-order valence-electron chi connectivity index (χ4n) is 4.73. The van der Waals surface area contributed by atoms with Gasteiger partial charge in [0.05, 0.1) is 12.2 Å². The maximum Gasteiger partial charge on any atom is 0.0661 e. The maximum absolute atomic E-state index is 9.92. The first kappa shape index (κ1) is 14.8. The van der Waals surface area contributed by atoms with Gasteiger partial charge in [-0.3, -0.25) is 0 Å². The molecular formula is C17H31NO2. The number of aliphatic hydroxyl groups is 1. The van der Waals surface area contributed by atoms with Gasteiger partial charge in [-0.15, -0.1) is 0 Å². The summed E-state index contributed by atoms with van der Waals surface area (Å²) in [5.41, 5.74) is 0.428. The second-order valence-corrected chi connectivity index (χ2v) is 7.82. The maximum atomic E-state index is 9.92. The SMILES string of the molecule is CCOC1CC(NC2CC(O)C2(C)C)C12CCCCC2. The number of rotatable bonds is 4. The average molecular weight is 281 g/mol. The normalized spacial score (nSPS) is 42.0. The molecule has 0 heterocycles. The quantitative estimate of drug-likeness (QED) is 0.832. The first-order valence-electron chi connectivity index (χ1n) is 8.56. The van der Waals surface area contributed by atoms with E-state index in [2.05, 4.69) is 26.1 Å². The predicted molar refractivity (Wildman–Crippen MR) is 80.7 cm³/mol. The van der Waals surface area contributed by atoms with Gasteiger partial charge in [0.15, 0.2) is 0 Å². The van der Waals surface area contributed by atoms with Crippen LogP contribution in [0.5, 0.6) is 0 Å². The van der Waals surface area contributed by atoms with Crippen LogP contribution < -0.4 is 5.32 Å². The Hall–Kier alpha value is -0.120. The molecule has 0 aromatic carbocycles. The van der Waals surface area contributed by atoms with E-state index in [1.807, 2.05) is 0 Å². The minimum absolute atomic E-state index is 0.0343. The van der Waals surface area contributed by atoms with Gasteiger partial charge in [0.2, 0.25) is 0 Å². The Kier molecular flexibility index (Phi) is 3.89. The average Bonchev–Trinajstić information content (AvgIpc) is 2.46. The molecule has 0 aromatic rings. The summed E-state index contributed by atoms with van der Waals surface area (Å²) in [5.74, 6) is 0. The lowest BCUT2D eigenvalue weighted by Crippen LogP contribution is -2.71. The molecule has 0 aliphatic heterocycles. The van der Waals surface area contributed by atoms with Gasteiger partial charge in [-0.05, 0) is 32.6 Å². The molecule has 2 N–H and O–H groups in total. The molecule has 0 aromatic heterocycles. The van der Waals surface area contributed by atoms with Crippen molar-refractivity contribution in [1.29, 1.82) is 0 Å². The molecule has 3 aliphatic rings. The lowest BCUT2D eigenvalue weighted by atomic mass is 9.54. The summed E-state index contributed by atoms with van der Waals surface area (Å²) in [5, 5.41) is 13.8. The summed E-state index contributed by atoms with van der Waals surface area (Å²) in [6, 6.07) is 1.08. The van der Waals surface area contributed by atoms with Crippen LogP contribution in [0.3, 0.4) is 0 Å². The van der Waals surface area contributed by atoms with Crippen molar-refractivity contribution >= 4 is 0 Å². The van der Waals surface area contributed by atoms with Crippen LogP contribution >= 0.6 is 0 Å². The van der Waals surface area contributed by atoms with E-state index >= 15 is 0 Å². The van der Waals surface area contributed by atoms with Crippen LogP contribution in [0.25, 0.3) is 0 Å². The predicted octanol–water partition coefficient (Wildman–Crippen LogP) is 2.86. The first-order chi connectivity index (χ1) is 9.50. The van der Waals surface area contributed by atoms with E-state index in [0.29, 0.717) is 23.6 Å². The van der Waals surface area contributed by atoms with Crippen molar-refractivity contribution in [3.63, 3.8) is 0 Å². The summed E-state index contributed by atoms with van der Waals surface area (Å²) < 4.78 is 6.02. The van der Waals surface area contributed by atoms with E-state index in [1.54, 1.807) is 0 Å². The largest absolute Gasteiger partial charge is 0.392 e. The molecular weight excluding hydrogens is 250 g/mol. The molecule has 0 amide bonds. The van der Waals surface area contributed by atoms with E-state index in [0.717, 1.165) is 19.4 Å². The number of hydrogen-bond acceptors (Lipinski definition) is 3. The molecule has 3 saturated carbocycles. The minimum Gasteiger partial charge on any atom is -0.392 e. The molecule has 1 spiro atoms. The summed E-state index contributed by atoms with van der Waals surface area (Å²) in [6.07, 6.45) is 9.17. The topological polar surface area (TPSA) is 41.5 Å². The Labute approximate surface area is 123 Å². The van der Waals surface area contributed by atoms with Gasteiger partial charge in [-0.2, -0.15) is 0 Å². The van der Waals surface area contributed by atoms with Gasteiger partial charge in [-0.1, -0.05) is 33.1 Å². The molecule has 3 heteroatoms. The third-order valence-corrected chi connectivity index (χ3v) is 6.56. The second kappa shape index (κ2) is 5.26. The van der Waals surface area contributed by atoms with E-state index in [4.69, 9.17) is 4.74 Å². The van der Waals surface area contributed by atoms with Crippen LogP contribution in [0.4, 0.5) is 0 Å². The molecule has 4 unspecified atom stereocenters. The highest BCUT2D eigenvalue weighted by Crippen LogP contribution is 2.54. The fourth-order valence-corrected chi connectivity index (χ4v) is 4.73. The molecule has 0 bridgehead atoms. The molecule has 3 rings (SSSR count). The van der Waals surface area contributed by atoms with Gasteiger partial charge < -0.3 is 15.2 Å². The van der Waals surface area contributed by atoms with E-state index in [9.17, 15) is 5.11 Å². The van der Waals surface area contributed by atoms with Crippen LogP contribution in [0.2, 0.25) is 0 Å². The Bertz CT molecular complexity index is 349. The van der Waals surface area contributed by atoms with Gasteiger partial charge in [0, 0.05) is 29.5 Å². The van der Waals surface area contributed by atoms with Gasteiger partial charge in [0.25, 0.3) is 0 Å². The molecule has 3 nitrogen and oxygen atoms in total.